The highest BCUT2D eigenvalue weighted by atomic mass is 16.4. The molecule has 0 saturated carbocycles. The minimum atomic E-state index is -1.07. The number of carboxylic acids is 1. The summed E-state index contributed by atoms with van der Waals surface area (Å²) in [5, 5.41) is 8.71. The lowest BCUT2D eigenvalue weighted by Gasteiger charge is -2.00. The monoisotopic (exact) mass is 216 g/mol. The van der Waals surface area contributed by atoms with E-state index < -0.39 is 5.97 Å². The Hall–Kier alpha value is -2.43. The second-order valence-corrected chi connectivity index (χ2v) is 3.18. The number of nitrogens with zero attached hydrogens (tertiary/aromatic N) is 2. The molecule has 1 heterocycles. The van der Waals surface area contributed by atoms with Crippen LogP contribution in [0, 0.1) is 0 Å². The van der Waals surface area contributed by atoms with Gasteiger partial charge in [0, 0.05) is 17.4 Å². The number of aldehydes is 1. The van der Waals surface area contributed by atoms with Crippen molar-refractivity contribution in [1.29, 1.82) is 0 Å². The lowest BCUT2D eigenvalue weighted by molar-refractivity contribution is 0.0691. The first-order chi connectivity index (χ1) is 7.70. The minimum absolute atomic E-state index is 0.0144. The molecule has 0 aliphatic rings. The molecular formula is C11H8N2O3. The first-order valence-corrected chi connectivity index (χ1v) is 4.53. The van der Waals surface area contributed by atoms with Crippen LogP contribution in [0.15, 0.2) is 36.8 Å². The van der Waals surface area contributed by atoms with Gasteiger partial charge < -0.3 is 9.67 Å². The second kappa shape index (κ2) is 3.98. The van der Waals surface area contributed by atoms with Crippen molar-refractivity contribution < 1.29 is 14.7 Å². The van der Waals surface area contributed by atoms with E-state index in [1.807, 2.05) is 0 Å². The number of hydrogen-bond acceptors (Lipinski definition) is 3. The lowest BCUT2D eigenvalue weighted by atomic mass is 10.2. The van der Waals surface area contributed by atoms with Gasteiger partial charge in [0.15, 0.2) is 5.69 Å². The maximum atomic E-state index is 10.6. The zero-order valence-corrected chi connectivity index (χ0v) is 8.20. The second-order valence-electron chi connectivity index (χ2n) is 3.18. The summed E-state index contributed by atoms with van der Waals surface area (Å²) < 4.78 is 1.58. The standard InChI is InChI=1S/C11H8N2O3/c14-6-8-1-3-9(4-2-8)13-5-10(11(15)16)12-7-13/h1-7H,(H,15,16). The van der Waals surface area contributed by atoms with Gasteiger partial charge in [-0.25, -0.2) is 9.78 Å². The quantitative estimate of drug-likeness (QED) is 0.787. The smallest absolute Gasteiger partial charge is 0.356 e. The van der Waals surface area contributed by atoms with E-state index in [2.05, 4.69) is 4.98 Å². The third-order valence-electron chi connectivity index (χ3n) is 2.13. The lowest BCUT2D eigenvalue weighted by Crippen LogP contribution is -1.96. The summed E-state index contributed by atoms with van der Waals surface area (Å²) >= 11 is 0. The molecule has 2 rings (SSSR count). The average molecular weight is 216 g/mol. The highest BCUT2D eigenvalue weighted by Crippen LogP contribution is 2.09. The molecular weight excluding hydrogens is 208 g/mol. The van der Waals surface area contributed by atoms with Crippen LogP contribution in [0.3, 0.4) is 0 Å². The molecule has 0 aliphatic carbocycles. The Morgan fingerprint density at radius 1 is 1.31 bits per heavy atom. The molecule has 0 amide bonds. The van der Waals surface area contributed by atoms with Crippen LogP contribution in [0.5, 0.6) is 0 Å². The molecule has 0 saturated heterocycles. The molecule has 80 valence electrons. The van der Waals surface area contributed by atoms with E-state index in [0.29, 0.717) is 5.56 Å². The Labute approximate surface area is 91.0 Å². The molecule has 0 radical (unpaired) electrons. The zero-order valence-electron chi connectivity index (χ0n) is 8.20. The van der Waals surface area contributed by atoms with Crippen molar-refractivity contribution in [1.82, 2.24) is 9.55 Å². The van der Waals surface area contributed by atoms with Crippen molar-refractivity contribution in [2.45, 2.75) is 0 Å². The molecule has 0 fully saturated rings. The number of carboxylic acid groups (broad SMARTS) is 1. The van der Waals surface area contributed by atoms with E-state index >= 15 is 0 Å². The van der Waals surface area contributed by atoms with Gasteiger partial charge in [-0.05, 0) is 24.3 Å². The number of imidazole rings is 1. The van der Waals surface area contributed by atoms with E-state index in [-0.39, 0.29) is 5.69 Å². The molecule has 1 aromatic carbocycles. The highest BCUT2D eigenvalue weighted by molar-refractivity contribution is 5.85. The topological polar surface area (TPSA) is 72.2 Å². The van der Waals surface area contributed by atoms with Crippen molar-refractivity contribution in [3.8, 4) is 5.69 Å². The fourth-order valence-corrected chi connectivity index (χ4v) is 1.30. The van der Waals surface area contributed by atoms with Crippen molar-refractivity contribution in [2.75, 3.05) is 0 Å². The van der Waals surface area contributed by atoms with Gasteiger partial charge in [0.05, 0.1) is 0 Å². The van der Waals surface area contributed by atoms with Gasteiger partial charge in [0.2, 0.25) is 0 Å². The van der Waals surface area contributed by atoms with Gasteiger partial charge in [-0.2, -0.15) is 0 Å². The Bertz CT molecular complexity index is 528. The summed E-state index contributed by atoms with van der Waals surface area (Å²) in [6, 6.07) is 6.75. The summed E-state index contributed by atoms with van der Waals surface area (Å²) in [6.45, 7) is 0. The molecule has 1 N–H and O–H groups in total. The van der Waals surface area contributed by atoms with Crippen molar-refractivity contribution >= 4 is 12.3 Å². The van der Waals surface area contributed by atoms with Crippen molar-refractivity contribution in [2.24, 2.45) is 0 Å². The molecule has 0 unspecified atom stereocenters. The van der Waals surface area contributed by atoms with Crippen molar-refractivity contribution in [3.63, 3.8) is 0 Å². The first-order valence-electron chi connectivity index (χ1n) is 4.53. The summed E-state index contributed by atoms with van der Waals surface area (Å²) in [5.74, 6) is -1.07. The van der Waals surface area contributed by atoms with Crippen LogP contribution in [0.4, 0.5) is 0 Å². The average Bonchev–Trinajstić information content (AvgIpc) is 2.78. The number of aromatic nitrogens is 2. The largest absolute Gasteiger partial charge is 0.476 e. The van der Waals surface area contributed by atoms with Crippen LogP contribution >= 0.6 is 0 Å². The molecule has 0 atom stereocenters. The molecule has 16 heavy (non-hydrogen) atoms. The van der Waals surface area contributed by atoms with Crippen LogP contribution in [-0.4, -0.2) is 26.9 Å². The van der Waals surface area contributed by atoms with Gasteiger partial charge in [-0.1, -0.05) is 0 Å². The third kappa shape index (κ3) is 1.83. The summed E-state index contributed by atoms with van der Waals surface area (Å²) in [4.78, 5) is 24.8. The Balaban J connectivity index is 2.35. The van der Waals surface area contributed by atoms with E-state index in [1.165, 1.54) is 12.5 Å². The van der Waals surface area contributed by atoms with Gasteiger partial charge in [0.1, 0.15) is 12.6 Å². The number of benzene rings is 1. The van der Waals surface area contributed by atoms with Crippen LogP contribution in [-0.2, 0) is 0 Å². The van der Waals surface area contributed by atoms with Crippen LogP contribution < -0.4 is 0 Å². The molecule has 0 aliphatic heterocycles. The van der Waals surface area contributed by atoms with Crippen molar-refractivity contribution in [3.05, 3.63) is 48.0 Å². The molecule has 0 spiro atoms. The SMILES string of the molecule is O=Cc1ccc(-n2cnc(C(=O)O)c2)cc1. The predicted molar refractivity (Wildman–Crippen MR) is 55.9 cm³/mol. The van der Waals surface area contributed by atoms with E-state index in [9.17, 15) is 9.59 Å². The Kier molecular flexibility index (Phi) is 2.51. The highest BCUT2D eigenvalue weighted by Gasteiger charge is 2.07. The van der Waals surface area contributed by atoms with Crippen LogP contribution in [0.25, 0.3) is 5.69 Å². The number of carbonyl (C=O) groups is 2. The fraction of sp³-hybridized carbons (Fsp3) is 0. The minimum Gasteiger partial charge on any atom is -0.476 e. The van der Waals surface area contributed by atoms with Gasteiger partial charge in [0.25, 0.3) is 0 Å². The maximum absolute atomic E-state index is 10.6. The fourth-order valence-electron chi connectivity index (χ4n) is 1.30. The van der Waals surface area contributed by atoms with E-state index in [0.717, 1.165) is 12.0 Å². The number of carbonyl (C=O) groups excluding carboxylic acids is 1. The van der Waals surface area contributed by atoms with Gasteiger partial charge in [-0.15, -0.1) is 0 Å². The number of aromatic carboxylic acids is 1. The molecule has 5 nitrogen and oxygen atoms in total. The number of hydrogen-bond donors (Lipinski definition) is 1. The van der Waals surface area contributed by atoms with Crippen LogP contribution in [0.2, 0.25) is 0 Å². The predicted octanol–water partition coefficient (Wildman–Crippen LogP) is 1.38. The van der Waals surface area contributed by atoms with Crippen LogP contribution in [0.1, 0.15) is 20.8 Å². The molecule has 2 aromatic rings. The van der Waals surface area contributed by atoms with Gasteiger partial charge in [-0.3, -0.25) is 4.79 Å². The maximum Gasteiger partial charge on any atom is 0.356 e. The summed E-state index contributed by atoms with van der Waals surface area (Å²) in [5.41, 5.74) is 1.31. The Morgan fingerprint density at radius 3 is 2.50 bits per heavy atom. The zero-order chi connectivity index (χ0) is 11.5. The first kappa shape index (κ1) is 10.1. The van der Waals surface area contributed by atoms with Gasteiger partial charge >= 0.3 is 5.97 Å². The Morgan fingerprint density at radius 2 is 2.00 bits per heavy atom. The number of rotatable bonds is 3. The molecule has 5 heteroatoms. The normalized spacial score (nSPS) is 10.0. The van der Waals surface area contributed by atoms with E-state index in [4.69, 9.17) is 5.11 Å². The third-order valence-corrected chi connectivity index (χ3v) is 2.13. The molecule has 1 aromatic heterocycles. The molecule has 0 bridgehead atoms. The summed E-state index contributed by atoms with van der Waals surface area (Å²) in [7, 11) is 0. The van der Waals surface area contributed by atoms with E-state index in [1.54, 1.807) is 28.8 Å². The summed E-state index contributed by atoms with van der Waals surface area (Å²) in [6.07, 6.45) is 3.58.